The predicted octanol–water partition coefficient (Wildman–Crippen LogP) is 2.55. The van der Waals surface area contributed by atoms with Crippen LogP contribution in [0.5, 0.6) is 0 Å². The van der Waals surface area contributed by atoms with Crippen LogP contribution >= 0.6 is 0 Å². The quantitative estimate of drug-likeness (QED) is 0.654. The molecular weight excluding hydrogens is 250 g/mol. The van der Waals surface area contributed by atoms with Gasteiger partial charge in [-0.15, -0.1) is 0 Å². The molecule has 0 saturated carbocycles. The fourth-order valence-electron chi connectivity index (χ4n) is 2.16. The van der Waals surface area contributed by atoms with Crippen LogP contribution in [0.15, 0.2) is 24.3 Å². The van der Waals surface area contributed by atoms with E-state index in [0.29, 0.717) is 0 Å². The Balaban J connectivity index is 2.46. The maximum atomic E-state index is 13.4. The Kier molecular flexibility index (Phi) is 3.14. The summed E-state index contributed by atoms with van der Waals surface area (Å²) in [6, 6.07) is 4.76. The van der Waals surface area contributed by atoms with Crippen LogP contribution in [0.3, 0.4) is 0 Å². The largest absolute Gasteiger partial charge is 0.402 e. The molecule has 0 spiro atoms. The lowest BCUT2D eigenvalue weighted by atomic mass is 9.78. The van der Waals surface area contributed by atoms with E-state index >= 15 is 0 Å². The molecule has 18 heavy (non-hydrogen) atoms. The monoisotopic (exact) mass is 261 g/mol. The molecule has 1 N–H and O–H groups in total. The number of carbonyl (C=O) groups is 1. The lowest BCUT2D eigenvalue weighted by molar-refractivity contribution is -0.197. The van der Waals surface area contributed by atoms with Crippen LogP contribution in [-0.2, 0) is 0 Å². The van der Waals surface area contributed by atoms with Gasteiger partial charge in [0.1, 0.15) is 11.2 Å². The lowest BCUT2D eigenvalue weighted by Crippen LogP contribution is -2.47. The van der Waals surface area contributed by atoms with Gasteiger partial charge in [-0.3, -0.25) is 4.79 Å². The highest BCUT2D eigenvalue weighted by atomic mass is 19.4. The number of rotatable bonds is 2. The minimum atomic E-state index is -4.68. The highest BCUT2D eigenvalue weighted by Gasteiger charge is 2.61. The molecule has 0 bridgehead atoms. The second kappa shape index (κ2) is 4.35. The van der Waals surface area contributed by atoms with Crippen molar-refractivity contribution >= 4 is 5.78 Å². The van der Waals surface area contributed by atoms with Gasteiger partial charge >= 0.3 is 6.18 Å². The van der Waals surface area contributed by atoms with Gasteiger partial charge in [-0.05, 0) is 25.1 Å². The summed E-state index contributed by atoms with van der Waals surface area (Å²) < 4.78 is 52.7. The van der Waals surface area contributed by atoms with E-state index in [4.69, 9.17) is 0 Å². The molecule has 1 aromatic rings. The van der Waals surface area contributed by atoms with Crippen LogP contribution < -0.4 is 5.32 Å². The number of nitrogens with one attached hydrogen (secondary N) is 1. The van der Waals surface area contributed by atoms with Gasteiger partial charge in [0.15, 0.2) is 5.78 Å². The molecule has 1 aromatic carbocycles. The summed E-state index contributed by atoms with van der Waals surface area (Å²) in [6.45, 7) is -0.399. The van der Waals surface area contributed by atoms with E-state index in [9.17, 15) is 22.4 Å². The first-order valence-corrected chi connectivity index (χ1v) is 5.45. The first-order valence-electron chi connectivity index (χ1n) is 5.45. The fourth-order valence-corrected chi connectivity index (χ4v) is 2.16. The third-order valence-electron chi connectivity index (χ3n) is 3.25. The van der Waals surface area contributed by atoms with Crippen molar-refractivity contribution in [2.24, 2.45) is 5.41 Å². The molecule has 1 aliphatic heterocycles. The van der Waals surface area contributed by atoms with Gasteiger partial charge in [-0.1, -0.05) is 12.1 Å². The Morgan fingerprint density at radius 1 is 1.28 bits per heavy atom. The summed E-state index contributed by atoms with van der Waals surface area (Å²) in [6.07, 6.45) is -5.04. The molecular formula is C12H11F4NO. The third kappa shape index (κ3) is 1.90. The number of halogens is 4. The molecule has 1 heterocycles. The van der Waals surface area contributed by atoms with Gasteiger partial charge < -0.3 is 5.32 Å². The average molecular weight is 261 g/mol. The molecule has 1 aliphatic rings. The smallest absolute Gasteiger partial charge is 0.315 e. The number of benzene rings is 1. The Morgan fingerprint density at radius 3 is 2.44 bits per heavy atom. The van der Waals surface area contributed by atoms with Crippen molar-refractivity contribution in [3.63, 3.8) is 0 Å². The number of Topliss-reactive ketones (excluding diaryl/α,β-unsaturated/α-hetero) is 1. The van der Waals surface area contributed by atoms with Gasteiger partial charge in [0.25, 0.3) is 0 Å². The van der Waals surface area contributed by atoms with Crippen molar-refractivity contribution in [3.8, 4) is 0 Å². The lowest BCUT2D eigenvalue weighted by Gasteiger charge is -2.29. The Labute approximate surface area is 101 Å². The van der Waals surface area contributed by atoms with Gasteiger partial charge in [-0.2, -0.15) is 13.2 Å². The number of hydrogen-bond acceptors (Lipinski definition) is 2. The zero-order valence-corrected chi connectivity index (χ0v) is 9.35. The molecule has 0 aliphatic carbocycles. The highest BCUT2D eigenvalue weighted by molar-refractivity contribution is 6.01. The van der Waals surface area contributed by atoms with E-state index < -0.39 is 35.3 Å². The summed E-state index contributed by atoms with van der Waals surface area (Å²) in [5, 5.41) is 2.53. The molecule has 1 unspecified atom stereocenters. The second-order valence-corrected chi connectivity index (χ2v) is 4.32. The van der Waals surface area contributed by atoms with Gasteiger partial charge in [-0.25, -0.2) is 4.39 Å². The first-order chi connectivity index (χ1) is 8.38. The molecule has 6 heteroatoms. The Morgan fingerprint density at radius 2 is 1.94 bits per heavy atom. The van der Waals surface area contributed by atoms with Crippen LogP contribution in [-0.4, -0.2) is 25.0 Å². The summed E-state index contributed by atoms with van der Waals surface area (Å²) in [4.78, 5) is 12.0. The predicted molar refractivity (Wildman–Crippen MR) is 56.7 cm³/mol. The van der Waals surface area contributed by atoms with Gasteiger partial charge in [0.2, 0.25) is 0 Å². The minimum Gasteiger partial charge on any atom is -0.315 e. The van der Waals surface area contributed by atoms with Crippen LogP contribution in [0.2, 0.25) is 0 Å². The molecule has 0 aromatic heterocycles. The number of carbonyl (C=O) groups excluding carboxylic acids is 1. The normalized spacial score (nSPS) is 24.2. The molecule has 2 rings (SSSR count). The Hall–Kier alpha value is -1.43. The van der Waals surface area contributed by atoms with Crippen LogP contribution in [0.4, 0.5) is 17.6 Å². The van der Waals surface area contributed by atoms with Crippen LogP contribution in [0.25, 0.3) is 0 Å². The second-order valence-electron chi connectivity index (χ2n) is 4.32. The highest BCUT2D eigenvalue weighted by Crippen LogP contribution is 2.45. The summed E-state index contributed by atoms with van der Waals surface area (Å²) >= 11 is 0. The van der Waals surface area contributed by atoms with Crippen molar-refractivity contribution in [2.75, 3.05) is 13.1 Å². The van der Waals surface area contributed by atoms with E-state index in [2.05, 4.69) is 5.32 Å². The fraction of sp³-hybridized carbons (Fsp3) is 0.417. The number of hydrogen-bond donors (Lipinski definition) is 1. The minimum absolute atomic E-state index is 0.0969. The molecule has 1 saturated heterocycles. The molecule has 2 nitrogen and oxygen atoms in total. The molecule has 1 atom stereocenters. The van der Waals surface area contributed by atoms with Crippen LogP contribution in [0.1, 0.15) is 16.8 Å². The van der Waals surface area contributed by atoms with Crippen LogP contribution in [0, 0.1) is 11.2 Å². The van der Waals surface area contributed by atoms with Crippen molar-refractivity contribution in [1.82, 2.24) is 5.32 Å². The van der Waals surface area contributed by atoms with Crippen molar-refractivity contribution in [2.45, 2.75) is 12.6 Å². The maximum absolute atomic E-state index is 13.4. The van der Waals surface area contributed by atoms with Crippen molar-refractivity contribution in [1.29, 1.82) is 0 Å². The third-order valence-corrected chi connectivity index (χ3v) is 3.25. The topological polar surface area (TPSA) is 29.1 Å². The summed E-state index contributed by atoms with van der Waals surface area (Å²) in [5.41, 5.74) is -3.01. The zero-order chi connectivity index (χ0) is 13.4. The van der Waals surface area contributed by atoms with E-state index in [1.165, 1.54) is 12.1 Å². The molecule has 98 valence electrons. The van der Waals surface area contributed by atoms with Gasteiger partial charge in [0.05, 0.1) is 5.56 Å². The maximum Gasteiger partial charge on any atom is 0.402 e. The number of alkyl halides is 3. The Bertz CT molecular complexity index is 463. The molecule has 0 amide bonds. The SMILES string of the molecule is O=C(c1ccccc1F)C1(C(F)(F)F)CCNC1. The average Bonchev–Trinajstić information content (AvgIpc) is 2.78. The van der Waals surface area contributed by atoms with E-state index in [1.54, 1.807) is 0 Å². The van der Waals surface area contributed by atoms with Gasteiger partial charge in [0, 0.05) is 6.54 Å². The van der Waals surface area contributed by atoms with E-state index in [-0.39, 0.29) is 13.0 Å². The molecule has 0 radical (unpaired) electrons. The van der Waals surface area contributed by atoms with E-state index in [1.807, 2.05) is 0 Å². The van der Waals surface area contributed by atoms with Crippen molar-refractivity contribution in [3.05, 3.63) is 35.6 Å². The standard InChI is InChI=1S/C12H11F4NO/c13-9-4-2-1-3-8(9)10(18)11(12(14,15)16)5-6-17-7-11/h1-4,17H,5-7H2. The first kappa shape index (κ1) is 13.0. The zero-order valence-electron chi connectivity index (χ0n) is 9.35. The van der Waals surface area contributed by atoms with E-state index in [0.717, 1.165) is 12.1 Å². The summed E-state index contributed by atoms with van der Waals surface area (Å²) in [5.74, 6) is -2.11. The molecule has 1 fully saturated rings. The number of ketones is 1. The summed E-state index contributed by atoms with van der Waals surface area (Å²) in [7, 11) is 0. The van der Waals surface area contributed by atoms with Crippen molar-refractivity contribution < 1.29 is 22.4 Å².